The average molecular weight is 169 g/mol. The molecular formula is C10H13Cl. The molecule has 0 aliphatic rings. The van der Waals surface area contributed by atoms with E-state index in [4.69, 9.17) is 11.6 Å². The molecule has 0 nitrogen and oxygen atoms in total. The Morgan fingerprint density at radius 1 is 1.36 bits per heavy atom. The van der Waals surface area contributed by atoms with Crippen LogP contribution in [0.2, 0.25) is 0 Å². The van der Waals surface area contributed by atoms with Gasteiger partial charge in [0.25, 0.3) is 0 Å². The third kappa shape index (κ3) is 1.97. The lowest BCUT2D eigenvalue weighted by molar-refractivity contribution is 1.10. The summed E-state index contributed by atoms with van der Waals surface area (Å²) in [6.07, 6.45) is 1.11. The highest BCUT2D eigenvalue weighted by Crippen LogP contribution is 2.12. The van der Waals surface area contributed by atoms with E-state index in [-0.39, 0.29) is 0 Å². The molecule has 0 fully saturated rings. The molecule has 1 aromatic rings. The van der Waals surface area contributed by atoms with Crippen LogP contribution in [0, 0.1) is 6.92 Å². The van der Waals surface area contributed by atoms with Gasteiger partial charge >= 0.3 is 0 Å². The number of hydrogen-bond acceptors (Lipinski definition) is 0. The molecule has 0 bridgehead atoms. The van der Waals surface area contributed by atoms with E-state index in [0.717, 1.165) is 6.42 Å². The van der Waals surface area contributed by atoms with E-state index in [1.165, 1.54) is 16.7 Å². The Balaban J connectivity index is 2.99. The third-order valence-electron chi connectivity index (χ3n) is 1.94. The van der Waals surface area contributed by atoms with E-state index >= 15 is 0 Å². The zero-order chi connectivity index (χ0) is 8.27. The second kappa shape index (κ2) is 3.77. The molecule has 0 saturated carbocycles. The normalized spacial score (nSPS) is 10.1. The largest absolute Gasteiger partial charge is 0.122 e. The Bertz CT molecular complexity index is 241. The van der Waals surface area contributed by atoms with Gasteiger partial charge in [-0.2, -0.15) is 0 Å². The summed E-state index contributed by atoms with van der Waals surface area (Å²) in [5, 5.41) is 0. The summed E-state index contributed by atoms with van der Waals surface area (Å²) < 4.78 is 0. The second-order valence-electron chi connectivity index (χ2n) is 2.75. The molecule has 0 spiro atoms. The van der Waals surface area contributed by atoms with Gasteiger partial charge in [0.05, 0.1) is 0 Å². The van der Waals surface area contributed by atoms with Crippen LogP contribution in [0.1, 0.15) is 23.6 Å². The zero-order valence-electron chi connectivity index (χ0n) is 7.02. The van der Waals surface area contributed by atoms with Crippen molar-refractivity contribution in [1.29, 1.82) is 0 Å². The van der Waals surface area contributed by atoms with Crippen molar-refractivity contribution in [2.45, 2.75) is 26.1 Å². The molecular weight excluding hydrogens is 156 g/mol. The first-order chi connectivity index (χ1) is 5.27. The van der Waals surface area contributed by atoms with Crippen molar-refractivity contribution in [3.05, 3.63) is 34.9 Å². The molecule has 0 unspecified atom stereocenters. The average Bonchev–Trinajstić information content (AvgIpc) is 2.04. The molecule has 0 heterocycles. The van der Waals surface area contributed by atoms with Crippen LogP contribution < -0.4 is 0 Å². The van der Waals surface area contributed by atoms with Gasteiger partial charge in [-0.3, -0.25) is 0 Å². The Hall–Kier alpha value is -0.490. The van der Waals surface area contributed by atoms with Gasteiger partial charge < -0.3 is 0 Å². The lowest BCUT2D eigenvalue weighted by Crippen LogP contribution is -1.87. The Labute approximate surface area is 73.2 Å². The molecule has 1 aromatic carbocycles. The minimum absolute atomic E-state index is 0.616. The number of rotatable bonds is 2. The van der Waals surface area contributed by atoms with Gasteiger partial charge in [0.2, 0.25) is 0 Å². The number of halogens is 1. The Morgan fingerprint density at radius 3 is 2.55 bits per heavy atom. The minimum atomic E-state index is 0.616. The molecule has 0 aromatic heterocycles. The first kappa shape index (κ1) is 8.61. The Morgan fingerprint density at radius 2 is 2.09 bits per heavy atom. The second-order valence-corrected chi connectivity index (χ2v) is 3.02. The minimum Gasteiger partial charge on any atom is -0.122 e. The van der Waals surface area contributed by atoms with E-state index in [9.17, 15) is 0 Å². The predicted octanol–water partition coefficient (Wildman–Crippen LogP) is 3.30. The summed E-state index contributed by atoms with van der Waals surface area (Å²) in [4.78, 5) is 0. The van der Waals surface area contributed by atoms with Gasteiger partial charge in [0.1, 0.15) is 0 Å². The molecule has 1 heteroatoms. The van der Waals surface area contributed by atoms with Gasteiger partial charge in [-0.25, -0.2) is 0 Å². The molecule has 0 aliphatic heterocycles. The molecule has 0 aliphatic carbocycles. The summed E-state index contributed by atoms with van der Waals surface area (Å²) in [6, 6.07) is 6.41. The van der Waals surface area contributed by atoms with Gasteiger partial charge in [0.15, 0.2) is 0 Å². The van der Waals surface area contributed by atoms with Crippen LogP contribution in [0.5, 0.6) is 0 Å². The molecule has 0 radical (unpaired) electrons. The van der Waals surface area contributed by atoms with Crippen LogP contribution in [-0.2, 0) is 12.3 Å². The van der Waals surface area contributed by atoms with Crippen LogP contribution in [0.15, 0.2) is 18.2 Å². The van der Waals surface area contributed by atoms with E-state index in [2.05, 4.69) is 32.0 Å². The van der Waals surface area contributed by atoms with Gasteiger partial charge in [-0.15, -0.1) is 11.6 Å². The highest BCUT2D eigenvalue weighted by atomic mass is 35.5. The van der Waals surface area contributed by atoms with Crippen molar-refractivity contribution in [1.82, 2.24) is 0 Å². The standard InChI is InChI=1S/C10H13Cl/c1-3-10-5-4-9(7-11)6-8(10)2/h4-6H,3,7H2,1-2H3. The molecule has 1 rings (SSSR count). The zero-order valence-corrected chi connectivity index (χ0v) is 7.78. The summed E-state index contributed by atoms with van der Waals surface area (Å²) >= 11 is 5.69. The highest BCUT2D eigenvalue weighted by Gasteiger charge is 1.96. The van der Waals surface area contributed by atoms with E-state index < -0.39 is 0 Å². The SMILES string of the molecule is CCc1ccc(CCl)cc1C. The van der Waals surface area contributed by atoms with Crippen molar-refractivity contribution in [3.8, 4) is 0 Å². The van der Waals surface area contributed by atoms with Gasteiger partial charge in [-0.1, -0.05) is 25.1 Å². The van der Waals surface area contributed by atoms with Crippen molar-refractivity contribution in [2.24, 2.45) is 0 Å². The summed E-state index contributed by atoms with van der Waals surface area (Å²) in [5.41, 5.74) is 3.98. The van der Waals surface area contributed by atoms with Crippen LogP contribution in [0.3, 0.4) is 0 Å². The number of alkyl halides is 1. The lowest BCUT2D eigenvalue weighted by atomic mass is 10.0. The first-order valence-electron chi connectivity index (χ1n) is 3.92. The third-order valence-corrected chi connectivity index (χ3v) is 2.25. The van der Waals surface area contributed by atoms with E-state index in [1.54, 1.807) is 0 Å². The molecule has 60 valence electrons. The van der Waals surface area contributed by atoms with Crippen molar-refractivity contribution >= 4 is 11.6 Å². The fraction of sp³-hybridized carbons (Fsp3) is 0.400. The topological polar surface area (TPSA) is 0 Å². The Kier molecular flexibility index (Phi) is 2.95. The van der Waals surface area contributed by atoms with Crippen LogP contribution in [0.4, 0.5) is 0 Å². The summed E-state index contributed by atoms with van der Waals surface area (Å²) in [5.74, 6) is 0.616. The number of aryl methyl sites for hydroxylation is 2. The molecule has 0 N–H and O–H groups in total. The highest BCUT2D eigenvalue weighted by molar-refractivity contribution is 6.17. The summed E-state index contributed by atoms with van der Waals surface area (Å²) in [7, 11) is 0. The maximum atomic E-state index is 5.69. The predicted molar refractivity (Wildman–Crippen MR) is 50.1 cm³/mol. The number of benzene rings is 1. The fourth-order valence-electron chi connectivity index (χ4n) is 1.24. The molecule has 0 atom stereocenters. The van der Waals surface area contributed by atoms with Crippen LogP contribution >= 0.6 is 11.6 Å². The first-order valence-corrected chi connectivity index (χ1v) is 4.45. The molecule has 11 heavy (non-hydrogen) atoms. The van der Waals surface area contributed by atoms with Crippen molar-refractivity contribution in [3.63, 3.8) is 0 Å². The smallest absolute Gasteiger partial charge is 0.0474 e. The summed E-state index contributed by atoms with van der Waals surface area (Å²) in [6.45, 7) is 4.30. The molecule has 0 amide bonds. The molecule has 0 saturated heterocycles. The van der Waals surface area contributed by atoms with E-state index in [1.807, 2.05) is 0 Å². The lowest BCUT2D eigenvalue weighted by Gasteiger charge is -2.03. The quantitative estimate of drug-likeness (QED) is 0.595. The maximum absolute atomic E-state index is 5.69. The van der Waals surface area contributed by atoms with Crippen molar-refractivity contribution < 1.29 is 0 Å². The number of hydrogen-bond donors (Lipinski definition) is 0. The van der Waals surface area contributed by atoms with Gasteiger partial charge in [-0.05, 0) is 30.0 Å². The van der Waals surface area contributed by atoms with Crippen LogP contribution in [0.25, 0.3) is 0 Å². The maximum Gasteiger partial charge on any atom is 0.0474 e. The van der Waals surface area contributed by atoms with E-state index in [0.29, 0.717) is 5.88 Å². The van der Waals surface area contributed by atoms with Crippen LogP contribution in [-0.4, -0.2) is 0 Å². The fourth-order valence-corrected chi connectivity index (χ4v) is 1.40. The van der Waals surface area contributed by atoms with Gasteiger partial charge in [0, 0.05) is 5.88 Å². The monoisotopic (exact) mass is 168 g/mol. The van der Waals surface area contributed by atoms with Crippen molar-refractivity contribution in [2.75, 3.05) is 0 Å².